The number of amides is 1. The van der Waals surface area contributed by atoms with Crippen LogP contribution in [0.3, 0.4) is 0 Å². The molecule has 0 atom stereocenters. The van der Waals surface area contributed by atoms with Crippen molar-refractivity contribution < 1.29 is 22.7 Å². The number of nitrogens with zero attached hydrogens (tertiary/aromatic N) is 1. The van der Waals surface area contributed by atoms with Gasteiger partial charge in [-0.1, -0.05) is 6.07 Å². The molecule has 0 aliphatic carbocycles. The summed E-state index contributed by atoms with van der Waals surface area (Å²) in [5.41, 5.74) is 1.58. The summed E-state index contributed by atoms with van der Waals surface area (Å²) in [4.78, 5) is 16.5. The highest BCUT2D eigenvalue weighted by atomic mass is 32.2. The van der Waals surface area contributed by atoms with Crippen molar-refractivity contribution in [2.45, 2.75) is 11.8 Å². The Bertz CT molecular complexity index is 1160. The van der Waals surface area contributed by atoms with Crippen molar-refractivity contribution in [2.75, 3.05) is 24.3 Å². The van der Waals surface area contributed by atoms with Crippen molar-refractivity contribution >= 4 is 27.3 Å². The maximum atomic E-state index is 12.9. The van der Waals surface area contributed by atoms with Crippen LogP contribution in [0, 0.1) is 6.92 Å². The molecule has 30 heavy (non-hydrogen) atoms. The molecular weight excluding hydrogens is 406 g/mol. The van der Waals surface area contributed by atoms with Gasteiger partial charge in [-0.3, -0.25) is 9.52 Å². The molecule has 1 aromatic heterocycles. The van der Waals surface area contributed by atoms with Gasteiger partial charge in [0, 0.05) is 17.1 Å². The summed E-state index contributed by atoms with van der Waals surface area (Å²) >= 11 is 0. The monoisotopic (exact) mass is 427 g/mol. The number of hydrogen-bond donors (Lipinski definition) is 2. The number of carbonyl (C=O) groups excluding carboxylic acids is 1. The number of ether oxygens (including phenoxy) is 2. The first-order valence-corrected chi connectivity index (χ1v) is 10.4. The topological polar surface area (TPSA) is 107 Å². The summed E-state index contributed by atoms with van der Waals surface area (Å²) in [7, 11) is -1.09. The van der Waals surface area contributed by atoms with Crippen LogP contribution in [-0.2, 0) is 10.0 Å². The van der Waals surface area contributed by atoms with E-state index in [1.54, 1.807) is 55.5 Å². The lowest BCUT2D eigenvalue weighted by molar-refractivity contribution is 0.102. The number of methoxy groups -OCH3 is 2. The van der Waals surface area contributed by atoms with Gasteiger partial charge in [0.15, 0.2) is 0 Å². The summed E-state index contributed by atoms with van der Waals surface area (Å²) in [5, 5.41) is 2.66. The van der Waals surface area contributed by atoms with Crippen molar-refractivity contribution in [3.63, 3.8) is 0 Å². The summed E-state index contributed by atoms with van der Waals surface area (Å²) < 4.78 is 38.7. The van der Waals surface area contributed by atoms with Crippen LogP contribution in [0.2, 0.25) is 0 Å². The summed E-state index contributed by atoms with van der Waals surface area (Å²) in [5.74, 6) is 0.294. The maximum Gasteiger partial charge on any atom is 0.274 e. The molecule has 8 nitrogen and oxygen atoms in total. The first kappa shape index (κ1) is 21.1. The number of hydrogen-bond acceptors (Lipinski definition) is 6. The number of anilines is 2. The molecule has 3 aromatic rings. The van der Waals surface area contributed by atoms with E-state index in [-0.39, 0.29) is 16.3 Å². The van der Waals surface area contributed by atoms with Gasteiger partial charge in [0.25, 0.3) is 15.9 Å². The molecule has 0 radical (unpaired) electrons. The highest BCUT2D eigenvalue weighted by molar-refractivity contribution is 7.92. The Morgan fingerprint density at radius 1 is 0.933 bits per heavy atom. The van der Waals surface area contributed by atoms with Gasteiger partial charge in [-0.15, -0.1) is 0 Å². The Morgan fingerprint density at radius 3 is 2.27 bits per heavy atom. The van der Waals surface area contributed by atoms with E-state index in [9.17, 15) is 13.2 Å². The fourth-order valence-corrected chi connectivity index (χ4v) is 3.95. The zero-order valence-electron chi connectivity index (χ0n) is 16.7. The molecule has 156 valence electrons. The molecule has 0 saturated carbocycles. The van der Waals surface area contributed by atoms with Gasteiger partial charge in [0.05, 0.1) is 14.2 Å². The van der Waals surface area contributed by atoms with Crippen LogP contribution in [0.1, 0.15) is 16.2 Å². The highest BCUT2D eigenvalue weighted by Gasteiger charge is 2.21. The van der Waals surface area contributed by atoms with E-state index in [4.69, 9.17) is 9.47 Å². The molecule has 0 spiro atoms. The fraction of sp³-hybridized carbons (Fsp3) is 0.143. The molecule has 0 aliphatic rings. The Balaban J connectivity index is 1.88. The number of nitrogens with one attached hydrogen (secondary N) is 2. The molecule has 9 heteroatoms. The van der Waals surface area contributed by atoms with Gasteiger partial charge in [-0.2, -0.15) is 0 Å². The zero-order valence-corrected chi connectivity index (χ0v) is 17.5. The van der Waals surface area contributed by atoms with Crippen LogP contribution >= 0.6 is 0 Å². The van der Waals surface area contributed by atoms with Gasteiger partial charge in [-0.05, 0) is 61.5 Å². The quantitative estimate of drug-likeness (QED) is 0.598. The zero-order chi connectivity index (χ0) is 21.7. The van der Waals surface area contributed by atoms with Crippen LogP contribution in [0.15, 0.2) is 65.6 Å². The summed E-state index contributed by atoms with van der Waals surface area (Å²) in [6.07, 6.45) is 0. The van der Waals surface area contributed by atoms with E-state index in [2.05, 4.69) is 15.0 Å². The smallest absolute Gasteiger partial charge is 0.274 e. The second-order valence-electron chi connectivity index (χ2n) is 6.32. The van der Waals surface area contributed by atoms with Crippen molar-refractivity contribution in [1.82, 2.24) is 4.98 Å². The Morgan fingerprint density at radius 2 is 1.63 bits per heavy atom. The number of sulfonamides is 1. The van der Waals surface area contributed by atoms with Crippen molar-refractivity contribution in [2.24, 2.45) is 0 Å². The molecule has 2 N–H and O–H groups in total. The lowest BCUT2D eigenvalue weighted by Crippen LogP contribution is -2.17. The number of carbonyl (C=O) groups is 1. The third kappa shape index (κ3) is 4.87. The van der Waals surface area contributed by atoms with E-state index in [0.717, 1.165) is 0 Å². The minimum absolute atomic E-state index is 0.115. The number of rotatable bonds is 7. The maximum absolute atomic E-state index is 12.9. The normalized spacial score (nSPS) is 10.9. The van der Waals surface area contributed by atoms with Gasteiger partial charge in [0.2, 0.25) is 0 Å². The summed E-state index contributed by atoms with van der Waals surface area (Å²) in [6, 6.07) is 15.9. The van der Waals surface area contributed by atoms with Crippen LogP contribution in [0.4, 0.5) is 11.4 Å². The van der Waals surface area contributed by atoms with Crippen molar-refractivity contribution in [1.29, 1.82) is 0 Å². The van der Waals surface area contributed by atoms with E-state index < -0.39 is 15.9 Å². The molecule has 0 aliphatic heterocycles. The largest absolute Gasteiger partial charge is 0.497 e. The minimum atomic E-state index is -3.99. The van der Waals surface area contributed by atoms with Crippen LogP contribution in [-0.4, -0.2) is 33.5 Å². The van der Waals surface area contributed by atoms with Gasteiger partial charge < -0.3 is 14.8 Å². The third-order valence-corrected chi connectivity index (χ3v) is 5.58. The molecule has 1 heterocycles. The Hall–Kier alpha value is -3.59. The van der Waals surface area contributed by atoms with Gasteiger partial charge in [0.1, 0.15) is 22.1 Å². The lowest BCUT2D eigenvalue weighted by Gasteiger charge is -2.14. The number of aryl methyl sites for hydroxylation is 1. The van der Waals surface area contributed by atoms with Crippen LogP contribution in [0.5, 0.6) is 11.5 Å². The summed E-state index contributed by atoms with van der Waals surface area (Å²) in [6.45, 7) is 1.78. The predicted octanol–water partition coefficient (Wildman–Crippen LogP) is 3.46. The lowest BCUT2D eigenvalue weighted by atomic mass is 10.2. The van der Waals surface area contributed by atoms with Gasteiger partial charge >= 0.3 is 0 Å². The van der Waals surface area contributed by atoms with E-state index in [1.165, 1.54) is 26.4 Å². The van der Waals surface area contributed by atoms with E-state index in [1.807, 2.05) is 0 Å². The first-order valence-electron chi connectivity index (χ1n) is 8.92. The fourth-order valence-electron chi connectivity index (χ4n) is 2.70. The Labute approximate surface area is 174 Å². The van der Waals surface area contributed by atoms with Crippen molar-refractivity contribution in [3.8, 4) is 11.5 Å². The average molecular weight is 427 g/mol. The molecular formula is C21H21N3O5S. The Kier molecular flexibility index (Phi) is 6.22. The van der Waals surface area contributed by atoms with E-state index in [0.29, 0.717) is 22.8 Å². The molecule has 1 amide bonds. The second kappa shape index (κ2) is 8.83. The number of aromatic nitrogens is 1. The van der Waals surface area contributed by atoms with E-state index >= 15 is 0 Å². The molecule has 0 fully saturated rings. The average Bonchev–Trinajstić information content (AvgIpc) is 2.74. The molecule has 0 bridgehead atoms. The standard InChI is InChI=1S/C21H21N3O5S/c1-14-5-4-6-18(22-14)21(25)23-16-9-12-19(29-3)20(13-16)30(26,27)24-15-7-10-17(28-2)11-8-15/h4-13,24H,1-3H3,(H,23,25). The molecule has 0 unspecified atom stereocenters. The minimum Gasteiger partial charge on any atom is -0.497 e. The van der Waals surface area contributed by atoms with Gasteiger partial charge in [-0.25, -0.2) is 13.4 Å². The SMILES string of the molecule is COc1ccc(NS(=O)(=O)c2cc(NC(=O)c3cccc(C)n3)ccc2OC)cc1. The number of benzene rings is 2. The second-order valence-corrected chi connectivity index (χ2v) is 7.97. The molecule has 2 aromatic carbocycles. The molecule has 3 rings (SSSR count). The van der Waals surface area contributed by atoms with Crippen LogP contribution in [0.25, 0.3) is 0 Å². The number of pyridine rings is 1. The van der Waals surface area contributed by atoms with Crippen LogP contribution < -0.4 is 19.5 Å². The van der Waals surface area contributed by atoms with Crippen molar-refractivity contribution in [3.05, 3.63) is 72.1 Å². The highest BCUT2D eigenvalue weighted by Crippen LogP contribution is 2.29. The molecule has 0 saturated heterocycles. The first-order chi connectivity index (χ1) is 14.3. The third-order valence-electron chi connectivity index (χ3n) is 4.17. The predicted molar refractivity (Wildman–Crippen MR) is 114 cm³/mol.